The van der Waals surface area contributed by atoms with Crippen LogP contribution in [0.25, 0.3) is 21.3 Å². The van der Waals surface area contributed by atoms with Gasteiger partial charge in [-0.15, -0.1) is 11.3 Å². The van der Waals surface area contributed by atoms with Crippen molar-refractivity contribution in [1.29, 1.82) is 0 Å². The number of anilines is 1. The van der Waals surface area contributed by atoms with Gasteiger partial charge in [-0.05, 0) is 13.0 Å². The number of aromatic nitrogens is 3. The van der Waals surface area contributed by atoms with Gasteiger partial charge in [0, 0.05) is 67.7 Å². The second-order valence-electron chi connectivity index (χ2n) is 6.39. The van der Waals surface area contributed by atoms with Crippen LogP contribution in [0, 0.1) is 0 Å². The molecule has 1 aliphatic heterocycles. The van der Waals surface area contributed by atoms with E-state index in [0.717, 1.165) is 59.9 Å². The highest BCUT2D eigenvalue weighted by molar-refractivity contribution is 7.18. The van der Waals surface area contributed by atoms with Gasteiger partial charge in [0.15, 0.2) is 0 Å². The summed E-state index contributed by atoms with van der Waals surface area (Å²) in [5, 5.41) is 9.11. The molecule has 0 radical (unpaired) electrons. The van der Waals surface area contributed by atoms with E-state index in [-0.39, 0.29) is 0 Å². The van der Waals surface area contributed by atoms with Crippen LogP contribution in [0.1, 0.15) is 6.92 Å². The average molecular weight is 354 g/mol. The largest absolute Gasteiger partial charge is 0.365 e. The highest BCUT2D eigenvalue weighted by Crippen LogP contribution is 2.35. The quantitative estimate of drug-likeness (QED) is 0.734. The average Bonchev–Trinajstić information content (AvgIpc) is 3.08. The van der Waals surface area contributed by atoms with Crippen molar-refractivity contribution < 1.29 is 0 Å². The number of hydrogen-bond donors (Lipinski definition) is 2. The van der Waals surface area contributed by atoms with Gasteiger partial charge < -0.3 is 10.6 Å². The predicted octanol–water partition coefficient (Wildman–Crippen LogP) is 2.46. The molecule has 7 heteroatoms. The lowest BCUT2D eigenvalue weighted by Crippen LogP contribution is -2.47. The van der Waals surface area contributed by atoms with Gasteiger partial charge in [-0.1, -0.05) is 6.07 Å². The zero-order chi connectivity index (χ0) is 17.1. The number of nitrogens with one attached hydrogen (secondary N) is 2. The number of hydrogen-bond acceptors (Lipinski definition) is 7. The van der Waals surface area contributed by atoms with Crippen molar-refractivity contribution in [3.63, 3.8) is 0 Å². The summed E-state index contributed by atoms with van der Waals surface area (Å²) in [7, 11) is 0. The molecule has 4 heterocycles. The highest BCUT2D eigenvalue weighted by atomic mass is 32.1. The summed E-state index contributed by atoms with van der Waals surface area (Å²) >= 11 is 1.68. The number of pyridine rings is 1. The van der Waals surface area contributed by atoms with Gasteiger partial charge >= 0.3 is 0 Å². The Kier molecular flexibility index (Phi) is 4.87. The van der Waals surface area contributed by atoms with Crippen LogP contribution < -0.4 is 10.6 Å². The summed E-state index contributed by atoms with van der Waals surface area (Å²) in [5.74, 6) is 0.924. The maximum Gasteiger partial charge on any atom is 0.147 e. The van der Waals surface area contributed by atoms with E-state index in [1.807, 2.05) is 12.3 Å². The van der Waals surface area contributed by atoms with E-state index < -0.39 is 0 Å². The standard InChI is InChI=1S/C18H22N6S/c1-13(10-24-7-5-19-6-8-24)23-18-17-16(21-12-22-18)15(11-25-17)14-3-2-4-20-9-14/h2-4,9,11-13,19H,5-8,10H2,1H3,(H,21,22,23)/t13-/m0/s1. The fourth-order valence-electron chi connectivity index (χ4n) is 3.24. The third kappa shape index (κ3) is 3.63. The van der Waals surface area contributed by atoms with Gasteiger partial charge in [0.1, 0.15) is 12.1 Å². The number of nitrogens with zero attached hydrogens (tertiary/aromatic N) is 4. The topological polar surface area (TPSA) is 66.0 Å². The van der Waals surface area contributed by atoms with Crippen LogP contribution in [0.2, 0.25) is 0 Å². The number of rotatable bonds is 5. The Labute approximate surface area is 151 Å². The fraction of sp³-hybridized carbons (Fsp3) is 0.389. The van der Waals surface area contributed by atoms with Crippen LogP contribution in [0.15, 0.2) is 36.2 Å². The van der Waals surface area contributed by atoms with Crippen LogP contribution in [-0.2, 0) is 0 Å². The summed E-state index contributed by atoms with van der Waals surface area (Å²) in [4.78, 5) is 15.7. The highest BCUT2D eigenvalue weighted by Gasteiger charge is 2.16. The molecule has 0 bridgehead atoms. The summed E-state index contributed by atoms with van der Waals surface area (Å²) in [6.45, 7) is 7.60. The first kappa shape index (κ1) is 16.4. The minimum absolute atomic E-state index is 0.333. The van der Waals surface area contributed by atoms with E-state index in [1.54, 1.807) is 23.9 Å². The Bertz CT molecular complexity index is 828. The number of thiophene rings is 1. The van der Waals surface area contributed by atoms with Gasteiger partial charge in [0.05, 0.1) is 10.2 Å². The maximum atomic E-state index is 4.51. The molecule has 0 amide bonds. The van der Waals surface area contributed by atoms with Crippen molar-refractivity contribution in [2.75, 3.05) is 38.0 Å². The van der Waals surface area contributed by atoms with Crippen molar-refractivity contribution in [3.8, 4) is 11.1 Å². The summed E-state index contributed by atoms with van der Waals surface area (Å²) in [6.07, 6.45) is 5.32. The molecule has 0 aliphatic carbocycles. The lowest BCUT2D eigenvalue weighted by Gasteiger charge is -2.30. The molecular weight excluding hydrogens is 332 g/mol. The molecule has 1 aliphatic rings. The molecule has 1 atom stereocenters. The fourth-order valence-corrected chi connectivity index (χ4v) is 4.22. The van der Waals surface area contributed by atoms with E-state index in [1.165, 1.54) is 0 Å². The van der Waals surface area contributed by atoms with E-state index in [9.17, 15) is 0 Å². The van der Waals surface area contributed by atoms with Gasteiger partial charge in [-0.2, -0.15) is 0 Å². The van der Waals surface area contributed by atoms with E-state index in [0.29, 0.717) is 6.04 Å². The Morgan fingerprint density at radius 2 is 2.20 bits per heavy atom. The summed E-state index contributed by atoms with van der Waals surface area (Å²) < 4.78 is 1.11. The minimum Gasteiger partial charge on any atom is -0.365 e. The predicted molar refractivity (Wildman–Crippen MR) is 103 cm³/mol. The van der Waals surface area contributed by atoms with Gasteiger partial charge in [-0.3, -0.25) is 9.88 Å². The van der Waals surface area contributed by atoms with Crippen molar-refractivity contribution in [3.05, 3.63) is 36.2 Å². The Morgan fingerprint density at radius 1 is 1.32 bits per heavy atom. The van der Waals surface area contributed by atoms with Crippen molar-refractivity contribution in [2.45, 2.75) is 13.0 Å². The maximum absolute atomic E-state index is 4.51. The van der Waals surface area contributed by atoms with E-state index >= 15 is 0 Å². The van der Waals surface area contributed by atoms with Crippen molar-refractivity contribution in [2.24, 2.45) is 0 Å². The van der Waals surface area contributed by atoms with Crippen LogP contribution in [0.3, 0.4) is 0 Å². The molecule has 3 aromatic rings. The zero-order valence-corrected chi connectivity index (χ0v) is 15.1. The Balaban J connectivity index is 1.55. The normalized spacial score (nSPS) is 16.8. The van der Waals surface area contributed by atoms with Gasteiger partial charge in [0.25, 0.3) is 0 Å². The minimum atomic E-state index is 0.333. The first-order valence-corrected chi connectivity index (χ1v) is 9.51. The first-order valence-electron chi connectivity index (χ1n) is 8.63. The third-order valence-corrected chi connectivity index (χ3v) is 5.43. The molecule has 1 fully saturated rings. The molecule has 25 heavy (non-hydrogen) atoms. The molecular formula is C18H22N6S. The Hall–Kier alpha value is -2.09. The monoisotopic (exact) mass is 354 g/mol. The van der Waals surface area contributed by atoms with Crippen LogP contribution >= 0.6 is 11.3 Å². The molecule has 2 N–H and O–H groups in total. The molecule has 4 rings (SSSR count). The molecule has 3 aromatic heterocycles. The third-order valence-electron chi connectivity index (χ3n) is 4.45. The second-order valence-corrected chi connectivity index (χ2v) is 7.27. The smallest absolute Gasteiger partial charge is 0.147 e. The zero-order valence-electron chi connectivity index (χ0n) is 14.3. The summed E-state index contributed by atoms with van der Waals surface area (Å²) in [6, 6.07) is 4.35. The Morgan fingerprint density at radius 3 is 3.00 bits per heavy atom. The number of fused-ring (bicyclic) bond motifs is 1. The lowest BCUT2D eigenvalue weighted by atomic mass is 10.1. The molecule has 6 nitrogen and oxygen atoms in total. The lowest BCUT2D eigenvalue weighted by molar-refractivity contribution is 0.235. The first-order chi connectivity index (χ1) is 12.3. The van der Waals surface area contributed by atoms with Gasteiger partial charge in [0.2, 0.25) is 0 Å². The second kappa shape index (κ2) is 7.43. The van der Waals surface area contributed by atoms with E-state index in [4.69, 9.17) is 0 Å². The molecule has 130 valence electrons. The molecule has 0 saturated carbocycles. The van der Waals surface area contributed by atoms with Crippen LogP contribution in [0.4, 0.5) is 5.82 Å². The summed E-state index contributed by atoms with van der Waals surface area (Å²) in [5.41, 5.74) is 3.20. The SMILES string of the molecule is C[C@@H](CN1CCNCC1)Nc1ncnc2c(-c3cccnc3)csc12. The van der Waals surface area contributed by atoms with E-state index in [2.05, 4.69) is 48.9 Å². The molecule has 1 saturated heterocycles. The van der Waals surface area contributed by atoms with Crippen LogP contribution in [-0.4, -0.2) is 58.6 Å². The molecule has 0 spiro atoms. The van der Waals surface area contributed by atoms with Crippen LogP contribution in [0.5, 0.6) is 0 Å². The van der Waals surface area contributed by atoms with Crippen molar-refractivity contribution >= 4 is 27.4 Å². The van der Waals surface area contributed by atoms with Crippen molar-refractivity contribution in [1.82, 2.24) is 25.2 Å². The molecule has 0 unspecified atom stereocenters. The molecule has 0 aromatic carbocycles. The number of piperazine rings is 1. The van der Waals surface area contributed by atoms with Gasteiger partial charge in [-0.25, -0.2) is 9.97 Å².